The first-order valence-corrected chi connectivity index (χ1v) is 11.1. The molecule has 1 aromatic heterocycles. The van der Waals surface area contributed by atoms with E-state index < -0.39 is 5.97 Å². The maximum atomic E-state index is 12.7. The van der Waals surface area contributed by atoms with Gasteiger partial charge in [-0.2, -0.15) is 0 Å². The van der Waals surface area contributed by atoms with Gasteiger partial charge < -0.3 is 30.7 Å². The van der Waals surface area contributed by atoms with E-state index in [1.54, 1.807) is 24.4 Å². The summed E-state index contributed by atoms with van der Waals surface area (Å²) in [6.45, 7) is 3.66. The van der Waals surface area contributed by atoms with Crippen LogP contribution in [0.3, 0.4) is 0 Å². The first-order valence-electron chi connectivity index (χ1n) is 10.8. The molecule has 3 heterocycles. The van der Waals surface area contributed by atoms with Gasteiger partial charge in [0.2, 0.25) is 0 Å². The van der Waals surface area contributed by atoms with Crippen LogP contribution in [-0.2, 0) is 9.59 Å². The number of anilines is 3. The molecule has 0 radical (unpaired) electrons. The molecule has 2 aromatic rings. The molecule has 1 saturated heterocycles. The maximum absolute atomic E-state index is 12.7. The van der Waals surface area contributed by atoms with Gasteiger partial charge in [-0.05, 0) is 25.0 Å². The van der Waals surface area contributed by atoms with E-state index in [0.717, 1.165) is 32.0 Å². The van der Waals surface area contributed by atoms with Gasteiger partial charge in [-0.15, -0.1) is 0 Å². The number of amides is 1. The van der Waals surface area contributed by atoms with Crippen molar-refractivity contribution in [1.29, 1.82) is 0 Å². The molecule has 0 atom stereocenters. The number of nitrogens with zero attached hydrogens (tertiary/aromatic N) is 3. The molecule has 33 heavy (non-hydrogen) atoms. The number of carbonyl (C=O) groups excluding carboxylic acids is 1. The molecular weight excluding hydrogens is 448 g/mol. The SMILES string of the molecule is O=C(O)CCCCOc1ccc(Cl)c(N/C=C2\C(=O)Nc3ncnc(N4CCNCC4)c32)c1. The number of ether oxygens (including phenoxy) is 1. The molecule has 2 aliphatic rings. The molecule has 0 unspecified atom stereocenters. The molecule has 11 heteroatoms. The van der Waals surface area contributed by atoms with Crippen LogP contribution in [0.2, 0.25) is 5.02 Å². The number of piperazine rings is 1. The molecule has 4 N–H and O–H groups in total. The van der Waals surface area contributed by atoms with Crippen LogP contribution >= 0.6 is 11.6 Å². The number of carboxylic acids is 1. The Morgan fingerprint density at radius 1 is 1.27 bits per heavy atom. The van der Waals surface area contributed by atoms with Crippen molar-refractivity contribution in [3.05, 3.63) is 41.3 Å². The van der Waals surface area contributed by atoms with Gasteiger partial charge in [-0.25, -0.2) is 9.97 Å². The van der Waals surface area contributed by atoms with Crippen LogP contribution < -0.4 is 25.6 Å². The molecule has 1 amide bonds. The fraction of sp³-hybridized carbons (Fsp3) is 0.364. The average Bonchev–Trinajstić information content (AvgIpc) is 3.14. The van der Waals surface area contributed by atoms with Gasteiger partial charge in [0.25, 0.3) is 5.91 Å². The topological polar surface area (TPSA) is 129 Å². The molecule has 4 rings (SSSR count). The number of benzene rings is 1. The minimum absolute atomic E-state index is 0.119. The van der Waals surface area contributed by atoms with Crippen LogP contribution in [0.4, 0.5) is 17.3 Å². The van der Waals surface area contributed by atoms with Crippen molar-refractivity contribution in [2.45, 2.75) is 19.3 Å². The van der Waals surface area contributed by atoms with Crippen molar-refractivity contribution < 1.29 is 19.4 Å². The van der Waals surface area contributed by atoms with E-state index in [4.69, 9.17) is 21.4 Å². The minimum atomic E-state index is -0.816. The summed E-state index contributed by atoms with van der Waals surface area (Å²) in [6.07, 6.45) is 4.36. The number of halogens is 1. The van der Waals surface area contributed by atoms with Crippen LogP contribution in [0.15, 0.2) is 30.7 Å². The number of carbonyl (C=O) groups is 2. The van der Waals surface area contributed by atoms with Gasteiger partial charge in [0.1, 0.15) is 23.7 Å². The number of carboxylic acid groups (broad SMARTS) is 1. The van der Waals surface area contributed by atoms with E-state index in [1.807, 2.05) is 0 Å². The summed E-state index contributed by atoms with van der Waals surface area (Å²) in [4.78, 5) is 34.1. The summed E-state index contributed by atoms with van der Waals surface area (Å²) in [5.41, 5.74) is 1.67. The summed E-state index contributed by atoms with van der Waals surface area (Å²) < 4.78 is 5.71. The van der Waals surface area contributed by atoms with Crippen LogP contribution in [-0.4, -0.2) is 59.7 Å². The Bertz CT molecular complexity index is 1070. The molecule has 174 valence electrons. The zero-order chi connectivity index (χ0) is 23.2. The lowest BCUT2D eigenvalue weighted by atomic mass is 10.1. The second-order valence-corrected chi connectivity index (χ2v) is 8.06. The number of nitrogens with one attached hydrogen (secondary N) is 3. The molecule has 10 nitrogen and oxygen atoms in total. The van der Waals surface area contributed by atoms with Crippen molar-refractivity contribution >= 4 is 46.4 Å². The van der Waals surface area contributed by atoms with Crippen molar-refractivity contribution in [3.63, 3.8) is 0 Å². The third kappa shape index (κ3) is 5.52. The number of fused-ring (bicyclic) bond motifs is 1. The number of aliphatic carboxylic acids is 1. The lowest BCUT2D eigenvalue weighted by Gasteiger charge is -2.29. The van der Waals surface area contributed by atoms with Gasteiger partial charge in [-0.1, -0.05) is 11.6 Å². The Morgan fingerprint density at radius 3 is 2.88 bits per heavy atom. The monoisotopic (exact) mass is 472 g/mol. The average molecular weight is 473 g/mol. The Labute approximate surface area is 196 Å². The molecule has 1 fully saturated rings. The van der Waals surface area contributed by atoms with Crippen LogP contribution in [0.25, 0.3) is 5.57 Å². The van der Waals surface area contributed by atoms with Gasteiger partial charge in [0.15, 0.2) is 0 Å². The highest BCUT2D eigenvalue weighted by molar-refractivity contribution is 6.34. The van der Waals surface area contributed by atoms with Gasteiger partial charge >= 0.3 is 5.97 Å². The Balaban J connectivity index is 1.50. The van der Waals surface area contributed by atoms with E-state index in [2.05, 4.69) is 30.8 Å². The van der Waals surface area contributed by atoms with Crippen molar-refractivity contribution in [3.8, 4) is 5.75 Å². The van der Waals surface area contributed by atoms with Gasteiger partial charge in [0, 0.05) is 44.9 Å². The molecule has 0 spiro atoms. The molecular formula is C22H25ClN6O4. The highest BCUT2D eigenvalue weighted by Crippen LogP contribution is 2.37. The van der Waals surface area contributed by atoms with E-state index in [1.165, 1.54) is 6.33 Å². The minimum Gasteiger partial charge on any atom is -0.494 e. The predicted octanol–water partition coefficient (Wildman–Crippen LogP) is 2.58. The Kier molecular flexibility index (Phi) is 7.26. The summed E-state index contributed by atoms with van der Waals surface area (Å²) >= 11 is 6.34. The predicted molar refractivity (Wildman–Crippen MR) is 126 cm³/mol. The van der Waals surface area contributed by atoms with E-state index in [0.29, 0.717) is 52.9 Å². The normalized spacial score (nSPS) is 16.5. The summed E-state index contributed by atoms with van der Waals surface area (Å²) in [6, 6.07) is 5.18. The van der Waals surface area contributed by atoms with Crippen molar-refractivity contribution in [2.24, 2.45) is 0 Å². The molecule has 1 aromatic carbocycles. The number of aromatic nitrogens is 2. The second-order valence-electron chi connectivity index (χ2n) is 7.66. The molecule has 0 bridgehead atoms. The van der Waals surface area contributed by atoms with Gasteiger partial charge in [0.05, 0.1) is 28.5 Å². The van der Waals surface area contributed by atoms with Crippen molar-refractivity contribution in [1.82, 2.24) is 15.3 Å². The summed E-state index contributed by atoms with van der Waals surface area (Å²) in [7, 11) is 0. The first-order chi connectivity index (χ1) is 16.0. The molecule has 2 aliphatic heterocycles. The fourth-order valence-electron chi connectivity index (χ4n) is 3.68. The van der Waals surface area contributed by atoms with Crippen LogP contribution in [0, 0.1) is 0 Å². The lowest BCUT2D eigenvalue weighted by Crippen LogP contribution is -2.44. The molecule has 0 saturated carbocycles. The quantitative estimate of drug-likeness (QED) is 0.321. The van der Waals surface area contributed by atoms with Gasteiger partial charge in [-0.3, -0.25) is 9.59 Å². The van der Waals surface area contributed by atoms with Crippen LogP contribution in [0.5, 0.6) is 5.75 Å². The molecule has 0 aliphatic carbocycles. The van der Waals surface area contributed by atoms with E-state index in [9.17, 15) is 9.59 Å². The zero-order valence-corrected chi connectivity index (χ0v) is 18.7. The van der Waals surface area contributed by atoms with Crippen LogP contribution in [0.1, 0.15) is 24.8 Å². The van der Waals surface area contributed by atoms with E-state index >= 15 is 0 Å². The number of hydrogen-bond acceptors (Lipinski definition) is 8. The highest BCUT2D eigenvalue weighted by atomic mass is 35.5. The summed E-state index contributed by atoms with van der Waals surface area (Å²) in [5.74, 6) is 0.718. The van der Waals surface area contributed by atoms with E-state index in [-0.39, 0.29) is 12.3 Å². The highest BCUT2D eigenvalue weighted by Gasteiger charge is 2.31. The standard InChI is InChI=1S/C22H25ClN6O4/c23-16-5-4-14(33-10-2-1-3-18(30)31)11-17(16)25-12-15-19-20(28-22(15)32)26-13-27-21(19)29-8-6-24-7-9-29/h4-5,11-13,24-25H,1-3,6-10H2,(H,30,31)(H,26,27,28,32)/b15-12-. The third-order valence-corrected chi connectivity index (χ3v) is 5.68. The smallest absolute Gasteiger partial charge is 0.303 e. The lowest BCUT2D eigenvalue weighted by molar-refractivity contribution is -0.137. The Morgan fingerprint density at radius 2 is 2.09 bits per heavy atom. The van der Waals surface area contributed by atoms with Crippen molar-refractivity contribution in [2.75, 3.05) is 48.3 Å². The fourth-order valence-corrected chi connectivity index (χ4v) is 3.86. The number of hydrogen-bond donors (Lipinski definition) is 4. The third-order valence-electron chi connectivity index (χ3n) is 5.35. The Hall–Kier alpha value is -3.37. The maximum Gasteiger partial charge on any atom is 0.303 e. The number of unbranched alkanes of at least 4 members (excludes halogenated alkanes) is 1. The second kappa shape index (κ2) is 10.5. The zero-order valence-electron chi connectivity index (χ0n) is 17.9. The largest absolute Gasteiger partial charge is 0.494 e. The first kappa shape index (κ1) is 22.8. The number of rotatable bonds is 9. The summed E-state index contributed by atoms with van der Waals surface area (Å²) in [5, 5.41) is 18.4.